The number of hydrogen-bond donors (Lipinski definition) is 3. The van der Waals surface area contributed by atoms with E-state index in [9.17, 15) is 10.2 Å². The van der Waals surface area contributed by atoms with Crippen LogP contribution in [0, 0.1) is 0 Å². The SMILES string of the molecule is C=COc1cccc(NCc2cc(O)c(O)c(OC)c2)c1. The van der Waals surface area contributed by atoms with E-state index in [1.807, 2.05) is 24.3 Å². The molecule has 2 aromatic rings. The van der Waals surface area contributed by atoms with E-state index in [0.717, 1.165) is 11.3 Å². The second kappa shape index (κ2) is 6.56. The zero-order valence-electron chi connectivity index (χ0n) is 11.7. The lowest BCUT2D eigenvalue weighted by molar-refractivity contribution is 0.350. The Kier molecular flexibility index (Phi) is 4.56. The standard InChI is InChI=1S/C16H17NO4/c1-3-21-13-6-4-5-12(9-13)17-10-11-7-14(18)16(19)15(8-11)20-2/h3-9,17-19H,1,10H2,2H3. The van der Waals surface area contributed by atoms with Gasteiger partial charge in [0.15, 0.2) is 11.5 Å². The highest BCUT2D eigenvalue weighted by atomic mass is 16.5. The molecule has 2 rings (SSSR count). The molecule has 0 atom stereocenters. The number of hydrogen-bond acceptors (Lipinski definition) is 5. The third-order valence-corrected chi connectivity index (χ3v) is 2.88. The van der Waals surface area contributed by atoms with E-state index < -0.39 is 0 Å². The fourth-order valence-electron chi connectivity index (χ4n) is 1.89. The molecule has 21 heavy (non-hydrogen) atoms. The van der Waals surface area contributed by atoms with Gasteiger partial charge in [-0.2, -0.15) is 0 Å². The first-order chi connectivity index (χ1) is 10.1. The minimum atomic E-state index is -0.261. The molecular weight excluding hydrogens is 270 g/mol. The van der Waals surface area contributed by atoms with Gasteiger partial charge in [0.05, 0.1) is 13.4 Å². The molecule has 0 bridgehead atoms. The maximum atomic E-state index is 9.63. The van der Waals surface area contributed by atoms with Crippen molar-refractivity contribution in [2.75, 3.05) is 12.4 Å². The Bertz CT molecular complexity index is 640. The second-order valence-corrected chi connectivity index (χ2v) is 4.33. The molecule has 0 spiro atoms. The maximum absolute atomic E-state index is 9.63. The summed E-state index contributed by atoms with van der Waals surface area (Å²) in [5.41, 5.74) is 1.64. The van der Waals surface area contributed by atoms with Gasteiger partial charge in [-0.3, -0.25) is 0 Å². The van der Waals surface area contributed by atoms with E-state index in [4.69, 9.17) is 9.47 Å². The van der Waals surface area contributed by atoms with Crippen LogP contribution in [0.1, 0.15) is 5.56 Å². The molecule has 0 saturated heterocycles. The zero-order chi connectivity index (χ0) is 15.2. The Morgan fingerprint density at radius 2 is 2.05 bits per heavy atom. The smallest absolute Gasteiger partial charge is 0.200 e. The summed E-state index contributed by atoms with van der Waals surface area (Å²) in [5.74, 6) is 0.439. The van der Waals surface area contributed by atoms with Crippen LogP contribution in [0.3, 0.4) is 0 Å². The van der Waals surface area contributed by atoms with Gasteiger partial charge in [-0.1, -0.05) is 12.6 Å². The van der Waals surface area contributed by atoms with Crippen molar-refractivity contribution in [3.63, 3.8) is 0 Å². The minimum Gasteiger partial charge on any atom is -0.504 e. The highest BCUT2D eigenvalue weighted by molar-refractivity contribution is 5.53. The van der Waals surface area contributed by atoms with Crippen molar-refractivity contribution in [1.29, 1.82) is 0 Å². The number of anilines is 1. The van der Waals surface area contributed by atoms with Crippen LogP contribution in [0.25, 0.3) is 0 Å². The first kappa shape index (κ1) is 14.6. The lowest BCUT2D eigenvalue weighted by Gasteiger charge is -2.11. The van der Waals surface area contributed by atoms with Gasteiger partial charge >= 0.3 is 0 Å². The van der Waals surface area contributed by atoms with Gasteiger partial charge in [-0.25, -0.2) is 0 Å². The summed E-state index contributed by atoms with van der Waals surface area (Å²) in [6, 6.07) is 10.5. The van der Waals surface area contributed by atoms with Crippen molar-refractivity contribution in [2.45, 2.75) is 6.54 Å². The van der Waals surface area contributed by atoms with Crippen molar-refractivity contribution < 1.29 is 19.7 Å². The summed E-state index contributed by atoms with van der Waals surface area (Å²) in [5, 5.41) is 22.4. The molecule has 0 unspecified atom stereocenters. The molecule has 0 radical (unpaired) electrons. The van der Waals surface area contributed by atoms with Crippen molar-refractivity contribution in [3.8, 4) is 23.0 Å². The monoisotopic (exact) mass is 287 g/mol. The number of nitrogens with one attached hydrogen (secondary N) is 1. The quantitative estimate of drug-likeness (QED) is 0.562. The number of methoxy groups -OCH3 is 1. The number of rotatable bonds is 6. The van der Waals surface area contributed by atoms with Gasteiger partial charge in [-0.05, 0) is 29.8 Å². The van der Waals surface area contributed by atoms with Gasteiger partial charge < -0.3 is 25.0 Å². The lowest BCUT2D eigenvalue weighted by atomic mass is 10.1. The zero-order valence-corrected chi connectivity index (χ0v) is 11.7. The van der Waals surface area contributed by atoms with Crippen LogP contribution in [0.4, 0.5) is 5.69 Å². The highest BCUT2D eigenvalue weighted by Crippen LogP contribution is 2.36. The van der Waals surface area contributed by atoms with Crippen LogP contribution in [-0.4, -0.2) is 17.3 Å². The Morgan fingerprint density at radius 1 is 1.24 bits per heavy atom. The summed E-state index contributed by atoms with van der Waals surface area (Å²) in [4.78, 5) is 0. The number of benzene rings is 2. The van der Waals surface area contributed by atoms with E-state index in [1.54, 1.807) is 6.07 Å². The third-order valence-electron chi connectivity index (χ3n) is 2.88. The number of phenolic OH excluding ortho intramolecular Hbond substituents is 2. The molecule has 0 heterocycles. The average molecular weight is 287 g/mol. The summed E-state index contributed by atoms with van der Waals surface area (Å²) >= 11 is 0. The van der Waals surface area contributed by atoms with E-state index in [-0.39, 0.29) is 17.2 Å². The van der Waals surface area contributed by atoms with E-state index in [1.165, 1.54) is 19.4 Å². The molecule has 0 fully saturated rings. The first-order valence-corrected chi connectivity index (χ1v) is 6.34. The van der Waals surface area contributed by atoms with Gasteiger partial charge in [0.1, 0.15) is 5.75 Å². The molecule has 3 N–H and O–H groups in total. The molecule has 5 nitrogen and oxygen atoms in total. The summed E-state index contributed by atoms with van der Waals surface area (Å²) in [6.07, 6.45) is 1.36. The molecule has 0 amide bonds. The molecule has 5 heteroatoms. The Hall–Kier alpha value is -2.82. The predicted octanol–water partition coefficient (Wildman–Crippen LogP) is 3.24. The van der Waals surface area contributed by atoms with Crippen molar-refractivity contribution >= 4 is 5.69 Å². The normalized spacial score (nSPS) is 9.95. The first-order valence-electron chi connectivity index (χ1n) is 6.34. The van der Waals surface area contributed by atoms with E-state index in [0.29, 0.717) is 12.3 Å². The topological polar surface area (TPSA) is 71.0 Å². The van der Waals surface area contributed by atoms with Crippen LogP contribution in [-0.2, 0) is 6.54 Å². The molecule has 110 valence electrons. The molecule has 0 aliphatic carbocycles. The highest BCUT2D eigenvalue weighted by Gasteiger charge is 2.09. The van der Waals surface area contributed by atoms with Crippen molar-refractivity contribution in [3.05, 3.63) is 54.8 Å². The summed E-state index contributed by atoms with van der Waals surface area (Å²) in [7, 11) is 1.43. The minimum absolute atomic E-state index is 0.213. The van der Waals surface area contributed by atoms with Crippen molar-refractivity contribution in [2.24, 2.45) is 0 Å². The lowest BCUT2D eigenvalue weighted by Crippen LogP contribution is -2.00. The van der Waals surface area contributed by atoms with E-state index >= 15 is 0 Å². The largest absolute Gasteiger partial charge is 0.504 e. The molecular formula is C16H17NO4. The van der Waals surface area contributed by atoms with Crippen LogP contribution in [0.15, 0.2) is 49.2 Å². The van der Waals surface area contributed by atoms with Crippen LogP contribution >= 0.6 is 0 Å². The van der Waals surface area contributed by atoms with Gasteiger partial charge in [-0.15, -0.1) is 0 Å². The maximum Gasteiger partial charge on any atom is 0.200 e. The fourth-order valence-corrected chi connectivity index (χ4v) is 1.89. The molecule has 2 aromatic carbocycles. The molecule has 0 saturated carbocycles. The fraction of sp³-hybridized carbons (Fsp3) is 0.125. The number of ether oxygens (including phenoxy) is 2. The third kappa shape index (κ3) is 3.60. The summed E-state index contributed by atoms with van der Waals surface area (Å²) in [6.45, 7) is 3.97. The van der Waals surface area contributed by atoms with Gasteiger partial charge in [0, 0.05) is 18.3 Å². The van der Waals surface area contributed by atoms with E-state index in [2.05, 4.69) is 11.9 Å². The number of aromatic hydroxyl groups is 2. The number of phenols is 2. The van der Waals surface area contributed by atoms with Crippen LogP contribution < -0.4 is 14.8 Å². The Labute approximate surface area is 123 Å². The van der Waals surface area contributed by atoms with Crippen LogP contribution in [0.2, 0.25) is 0 Å². The average Bonchev–Trinajstić information content (AvgIpc) is 2.49. The summed E-state index contributed by atoms with van der Waals surface area (Å²) < 4.78 is 10.2. The Morgan fingerprint density at radius 3 is 2.76 bits per heavy atom. The predicted molar refractivity (Wildman–Crippen MR) is 80.9 cm³/mol. The van der Waals surface area contributed by atoms with Crippen molar-refractivity contribution in [1.82, 2.24) is 0 Å². The molecule has 0 aliphatic heterocycles. The molecule has 0 aromatic heterocycles. The van der Waals surface area contributed by atoms with Gasteiger partial charge in [0.25, 0.3) is 0 Å². The Balaban J connectivity index is 2.11. The van der Waals surface area contributed by atoms with Gasteiger partial charge in [0.2, 0.25) is 5.75 Å². The van der Waals surface area contributed by atoms with Crippen LogP contribution in [0.5, 0.6) is 23.0 Å². The molecule has 0 aliphatic rings. The second-order valence-electron chi connectivity index (χ2n) is 4.33.